The van der Waals surface area contributed by atoms with E-state index in [9.17, 15) is 4.79 Å². The van der Waals surface area contributed by atoms with Gasteiger partial charge in [0.1, 0.15) is 0 Å². The number of hydrogen-bond donors (Lipinski definition) is 2. The van der Waals surface area contributed by atoms with E-state index in [1.165, 1.54) is 51.4 Å². The van der Waals surface area contributed by atoms with Crippen molar-refractivity contribution in [3.8, 4) is 0 Å². The van der Waals surface area contributed by atoms with Crippen molar-refractivity contribution < 1.29 is 4.79 Å². The molecule has 2 bridgehead atoms. The summed E-state index contributed by atoms with van der Waals surface area (Å²) in [6, 6.07) is 1.41. The summed E-state index contributed by atoms with van der Waals surface area (Å²) in [5, 5.41) is 6.92. The minimum absolute atomic E-state index is 0.322. The summed E-state index contributed by atoms with van der Waals surface area (Å²) in [6.07, 6.45) is 11.5. The molecule has 0 aromatic carbocycles. The molecule has 3 nitrogen and oxygen atoms in total. The van der Waals surface area contributed by atoms with Gasteiger partial charge in [0.15, 0.2) is 0 Å². The van der Waals surface area contributed by atoms with E-state index in [4.69, 9.17) is 0 Å². The van der Waals surface area contributed by atoms with Crippen LogP contribution in [-0.2, 0) is 4.79 Å². The first-order chi connectivity index (χ1) is 9.78. The number of carbonyl (C=O) groups is 1. The van der Waals surface area contributed by atoms with Gasteiger partial charge in [-0.25, -0.2) is 0 Å². The van der Waals surface area contributed by atoms with E-state index in [1.54, 1.807) is 0 Å². The van der Waals surface area contributed by atoms with E-state index >= 15 is 0 Å². The van der Waals surface area contributed by atoms with Crippen LogP contribution in [0.25, 0.3) is 0 Å². The van der Waals surface area contributed by atoms with Gasteiger partial charge in [-0.2, -0.15) is 0 Å². The molecule has 2 aliphatic heterocycles. The molecule has 0 radical (unpaired) electrons. The first kappa shape index (κ1) is 13.1. The normalized spacial score (nSPS) is 36.4. The molecule has 2 saturated heterocycles. The zero-order valence-electron chi connectivity index (χ0n) is 12.4. The molecule has 0 aromatic heterocycles. The van der Waals surface area contributed by atoms with Crippen molar-refractivity contribution >= 4 is 5.91 Å². The number of nitrogens with one attached hydrogen (secondary N) is 2. The van der Waals surface area contributed by atoms with E-state index in [-0.39, 0.29) is 0 Å². The van der Waals surface area contributed by atoms with Crippen LogP contribution in [0.2, 0.25) is 0 Å². The Kier molecular flexibility index (Phi) is 3.49. The second-order valence-electron chi connectivity index (χ2n) is 7.82. The zero-order chi connectivity index (χ0) is 13.5. The van der Waals surface area contributed by atoms with Crippen molar-refractivity contribution in [3.63, 3.8) is 0 Å². The van der Waals surface area contributed by atoms with Crippen molar-refractivity contribution in [1.29, 1.82) is 0 Å². The van der Waals surface area contributed by atoms with Crippen molar-refractivity contribution in [2.24, 2.45) is 23.7 Å². The maximum Gasteiger partial charge on any atom is 0.220 e. The molecule has 1 amide bonds. The molecular formula is C17H28N2O. The Labute approximate surface area is 122 Å². The molecule has 3 heteroatoms. The Bertz CT molecular complexity index is 351. The van der Waals surface area contributed by atoms with Gasteiger partial charge in [-0.15, -0.1) is 0 Å². The minimum Gasteiger partial charge on any atom is -0.356 e. The number of hydrogen-bond acceptors (Lipinski definition) is 2. The highest BCUT2D eigenvalue weighted by atomic mass is 16.1. The summed E-state index contributed by atoms with van der Waals surface area (Å²) in [5.41, 5.74) is 0. The summed E-state index contributed by atoms with van der Waals surface area (Å²) in [7, 11) is 0. The lowest BCUT2D eigenvalue weighted by atomic mass is 9.89. The lowest BCUT2D eigenvalue weighted by Crippen LogP contribution is -2.40. The smallest absolute Gasteiger partial charge is 0.220 e. The van der Waals surface area contributed by atoms with Gasteiger partial charge in [0.2, 0.25) is 5.91 Å². The van der Waals surface area contributed by atoms with E-state index in [0.29, 0.717) is 23.9 Å². The van der Waals surface area contributed by atoms with Gasteiger partial charge in [0.05, 0.1) is 0 Å². The van der Waals surface area contributed by atoms with Gasteiger partial charge in [0.25, 0.3) is 0 Å². The van der Waals surface area contributed by atoms with Crippen molar-refractivity contribution in [2.45, 2.75) is 69.9 Å². The highest BCUT2D eigenvalue weighted by molar-refractivity contribution is 5.76. The molecule has 2 N–H and O–H groups in total. The van der Waals surface area contributed by atoms with E-state index in [2.05, 4.69) is 10.6 Å². The number of amides is 1. The topological polar surface area (TPSA) is 41.1 Å². The summed E-state index contributed by atoms with van der Waals surface area (Å²) in [6.45, 7) is 0.964. The molecule has 2 atom stereocenters. The Hall–Kier alpha value is -0.570. The highest BCUT2D eigenvalue weighted by Gasteiger charge is 2.41. The third kappa shape index (κ3) is 3.03. The lowest BCUT2D eigenvalue weighted by molar-refractivity contribution is -0.122. The second kappa shape index (κ2) is 5.32. The van der Waals surface area contributed by atoms with Crippen LogP contribution < -0.4 is 10.6 Å². The second-order valence-corrected chi connectivity index (χ2v) is 7.82. The zero-order valence-corrected chi connectivity index (χ0v) is 12.4. The average molecular weight is 276 g/mol. The first-order valence-corrected chi connectivity index (χ1v) is 8.80. The molecule has 4 aliphatic rings. The van der Waals surface area contributed by atoms with Gasteiger partial charge in [0, 0.05) is 25.0 Å². The van der Waals surface area contributed by atoms with E-state index in [0.717, 1.165) is 30.7 Å². The van der Waals surface area contributed by atoms with Crippen molar-refractivity contribution in [3.05, 3.63) is 0 Å². The summed E-state index contributed by atoms with van der Waals surface area (Å²) < 4.78 is 0. The quantitative estimate of drug-likeness (QED) is 0.782. The van der Waals surface area contributed by atoms with Crippen LogP contribution in [0, 0.1) is 23.7 Å². The van der Waals surface area contributed by atoms with Crippen LogP contribution in [0.15, 0.2) is 0 Å². The third-order valence-corrected chi connectivity index (χ3v) is 6.03. The fraction of sp³-hybridized carbons (Fsp3) is 0.941. The monoisotopic (exact) mass is 276 g/mol. The summed E-state index contributed by atoms with van der Waals surface area (Å²) >= 11 is 0. The predicted octanol–water partition coefficient (Wildman–Crippen LogP) is 2.46. The van der Waals surface area contributed by atoms with Crippen LogP contribution in [0.4, 0.5) is 0 Å². The van der Waals surface area contributed by atoms with Gasteiger partial charge in [-0.05, 0) is 75.0 Å². The van der Waals surface area contributed by atoms with Crippen LogP contribution in [0.1, 0.15) is 57.8 Å². The largest absolute Gasteiger partial charge is 0.356 e. The molecule has 20 heavy (non-hydrogen) atoms. The van der Waals surface area contributed by atoms with Gasteiger partial charge < -0.3 is 10.6 Å². The van der Waals surface area contributed by atoms with Crippen molar-refractivity contribution in [1.82, 2.24) is 10.6 Å². The standard InChI is InChI=1S/C17H28N2O/c20-17(9-11-7-14-5-6-15(8-11)19-14)18-10-16(12-1-2-12)13-3-4-13/h11-16,19H,1-10H2,(H,18,20). The molecule has 2 aliphatic carbocycles. The van der Waals surface area contributed by atoms with Crippen LogP contribution in [-0.4, -0.2) is 24.5 Å². The van der Waals surface area contributed by atoms with Gasteiger partial charge in [-0.3, -0.25) is 4.79 Å². The molecule has 2 unspecified atom stereocenters. The molecule has 2 saturated carbocycles. The Balaban J connectivity index is 1.22. The molecule has 0 aromatic rings. The molecule has 112 valence electrons. The Morgan fingerprint density at radius 1 is 1.00 bits per heavy atom. The number of rotatable bonds is 6. The SMILES string of the molecule is O=C(CC1CC2CCC(C1)N2)NCC(C1CC1)C1CC1. The van der Waals surface area contributed by atoms with Crippen LogP contribution in [0.5, 0.6) is 0 Å². The Morgan fingerprint density at radius 3 is 2.15 bits per heavy atom. The molecular weight excluding hydrogens is 248 g/mol. The predicted molar refractivity (Wildman–Crippen MR) is 79.2 cm³/mol. The van der Waals surface area contributed by atoms with E-state index in [1.807, 2.05) is 0 Å². The van der Waals surface area contributed by atoms with Crippen molar-refractivity contribution in [2.75, 3.05) is 6.54 Å². The molecule has 0 spiro atoms. The molecule has 4 fully saturated rings. The summed E-state index contributed by atoms with van der Waals surface area (Å²) in [4.78, 5) is 12.2. The van der Waals surface area contributed by atoms with Gasteiger partial charge in [-0.1, -0.05) is 0 Å². The summed E-state index contributed by atoms with van der Waals surface area (Å²) in [5.74, 6) is 3.65. The molecule has 4 rings (SSSR count). The first-order valence-electron chi connectivity index (χ1n) is 8.80. The highest BCUT2D eigenvalue weighted by Crippen LogP contribution is 2.48. The number of piperidine rings is 1. The van der Waals surface area contributed by atoms with Crippen LogP contribution >= 0.6 is 0 Å². The maximum absolute atomic E-state index is 12.2. The average Bonchev–Trinajstić information content (AvgIpc) is 3.31. The van der Waals surface area contributed by atoms with Crippen LogP contribution in [0.3, 0.4) is 0 Å². The lowest BCUT2D eigenvalue weighted by Gasteiger charge is -2.28. The minimum atomic E-state index is 0.322. The van der Waals surface area contributed by atoms with E-state index < -0.39 is 0 Å². The molecule has 2 heterocycles. The number of carbonyl (C=O) groups excluding carboxylic acids is 1. The van der Waals surface area contributed by atoms with Gasteiger partial charge >= 0.3 is 0 Å². The fourth-order valence-electron chi connectivity index (χ4n) is 4.67. The Morgan fingerprint density at radius 2 is 1.60 bits per heavy atom. The fourth-order valence-corrected chi connectivity index (χ4v) is 4.67. The maximum atomic E-state index is 12.2. The third-order valence-electron chi connectivity index (χ3n) is 6.03. The number of fused-ring (bicyclic) bond motifs is 2.